The van der Waals surface area contributed by atoms with Crippen LogP contribution in [0.4, 0.5) is 0 Å². The van der Waals surface area contributed by atoms with E-state index in [-0.39, 0.29) is 5.56 Å². The van der Waals surface area contributed by atoms with Crippen LogP contribution in [0.5, 0.6) is 0 Å². The summed E-state index contributed by atoms with van der Waals surface area (Å²) in [5.41, 5.74) is 2.85. The van der Waals surface area contributed by atoms with Crippen molar-refractivity contribution in [1.29, 1.82) is 0 Å². The Bertz CT molecular complexity index is 728. The van der Waals surface area contributed by atoms with Crippen molar-refractivity contribution in [3.05, 3.63) is 41.8 Å². The zero-order valence-electron chi connectivity index (χ0n) is 9.49. The molecule has 0 fully saturated rings. The number of carboxylic acids is 1. The molecule has 0 amide bonds. The minimum absolute atomic E-state index is 0.195. The fourth-order valence-corrected chi connectivity index (χ4v) is 1.88. The predicted molar refractivity (Wildman–Crippen MR) is 62.4 cm³/mol. The van der Waals surface area contributed by atoms with E-state index in [1.165, 1.54) is 12.3 Å². The summed E-state index contributed by atoms with van der Waals surface area (Å²) in [6, 6.07) is 6.58. The molecule has 0 saturated carbocycles. The Kier molecular flexibility index (Phi) is 2.16. The Hall–Kier alpha value is -2.63. The van der Waals surface area contributed by atoms with Crippen LogP contribution in [0.15, 0.2) is 35.1 Å². The van der Waals surface area contributed by atoms with Crippen molar-refractivity contribution in [3.63, 3.8) is 0 Å². The Labute approximate surface area is 101 Å². The number of hydrogen-bond acceptors (Lipinski definition) is 4. The van der Waals surface area contributed by atoms with Crippen molar-refractivity contribution in [2.45, 2.75) is 6.92 Å². The van der Waals surface area contributed by atoms with E-state index in [4.69, 9.17) is 9.63 Å². The monoisotopic (exact) mass is 243 g/mol. The molecule has 0 aliphatic heterocycles. The fourth-order valence-electron chi connectivity index (χ4n) is 1.88. The number of aryl methyl sites for hydroxylation is 1. The van der Waals surface area contributed by atoms with Gasteiger partial charge in [0, 0.05) is 6.07 Å². The highest BCUT2D eigenvalue weighted by Crippen LogP contribution is 2.21. The summed E-state index contributed by atoms with van der Waals surface area (Å²) < 4.78 is 6.44. The van der Waals surface area contributed by atoms with Crippen molar-refractivity contribution in [1.82, 2.24) is 14.8 Å². The van der Waals surface area contributed by atoms with Gasteiger partial charge < -0.3 is 9.63 Å². The van der Waals surface area contributed by atoms with E-state index in [0.717, 1.165) is 5.69 Å². The molecule has 90 valence electrons. The predicted octanol–water partition coefficient (Wildman–Crippen LogP) is 2.00. The molecule has 0 aliphatic rings. The topological polar surface area (TPSA) is 80.6 Å². The number of hydrogen-bond donors (Lipinski definition) is 1. The molecule has 0 aliphatic carbocycles. The van der Waals surface area contributed by atoms with Gasteiger partial charge in [0.2, 0.25) is 0 Å². The molecule has 0 atom stereocenters. The lowest BCUT2D eigenvalue weighted by Gasteiger charge is -2.03. The molecule has 1 N–H and O–H groups in total. The lowest BCUT2D eigenvalue weighted by molar-refractivity contribution is 0.0697. The first-order valence-electron chi connectivity index (χ1n) is 5.29. The van der Waals surface area contributed by atoms with Gasteiger partial charge in [-0.2, -0.15) is 5.10 Å². The van der Waals surface area contributed by atoms with E-state index in [1.807, 2.05) is 13.0 Å². The smallest absolute Gasteiger partial charge is 0.335 e. The minimum atomic E-state index is -0.985. The molecule has 3 rings (SSSR count). The lowest BCUT2D eigenvalue weighted by Crippen LogP contribution is -2.01. The van der Waals surface area contributed by atoms with Gasteiger partial charge in [-0.1, -0.05) is 5.16 Å². The molecule has 6 nitrogen and oxygen atoms in total. The molecule has 6 heteroatoms. The Balaban J connectivity index is 2.36. The quantitative estimate of drug-likeness (QED) is 0.744. The van der Waals surface area contributed by atoms with Gasteiger partial charge in [0.15, 0.2) is 0 Å². The van der Waals surface area contributed by atoms with Crippen LogP contribution in [-0.4, -0.2) is 25.8 Å². The fraction of sp³-hybridized carbons (Fsp3) is 0.0833. The van der Waals surface area contributed by atoms with Crippen LogP contribution in [0.25, 0.3) is 16.9 Å². The van der Waals surface area contributed by atoms with Crippen LogP contribution in [0.2, 0.25) is 0 Å². The zero-order valence-corrected chi connectivity index (χ0v) is 9.49. The number of aromatic nitrogens is 3. The van der Waals surface area contributed by atoms with E-state index in [9.17, 15) is 4.79 Å². The summed E-state index contributed by atoms with van der Waals surface area (Å²) in [5, 5.41) is 17.2. The highest BCUT2D eigenvalue weighted by molar-refractivity contribution is 5.90. The largest absolute Gasteiger partial charge is 0.478 e. The number of rotatable bonds is 2. The maximum absolute atomic E-state index is 11.1. The molecule has 0 bridgehead atoms. The average Bonchev–Trinajstić information content (AvgIpc) is 2.94. The van der Waals surface area contributed by atoms with Crippen LogP contribution in [-0.2, 0) is 0 Å². The molecule has 0 spiro atoms. The lowest BCUT2D eigenvalue weighted by atomic mass is 10.1. The number of aromatic carboxylic acids is 1. The van der Waals surface area contributed by atoms with Crippen LogP contribution in [0, 0.1) is 6.92 Å². The zero-order chi connectivity index (χ0) is 12.7. The number of nitrogens with zero attached hydrogens (tertiary/aromatic N) is 3. The second-order valence-electron chi connectivity index (χ2n) is 3.94. The van der Waals surface area contributed by atoms with E-state index in [1.54, 1.807) is 16.6 Å². The molecular weight excluding hydrogens is 234 g/mol. The van der Waals surface area contributed by atoms with Crippen LogP contribution in [0.1, 0.15) is 16.1 Å². The van der Waals surface area contributed by atoms with Crippen molar-refractivity contribution < 1.29 is 14.4 Å². The van der Waals surface area contributed by atoms with Crippen LogP contribution >= 0.6 is 0 Å². The van der Waals surface area contributed by atoms with Gasteiger partial charge in [0.1, 0.15) is 12.0 Å². The molecule has 0 aromatic carbocycles. The number of carboxylic acid groups (broad SMARTS) is 1. The van der Waals surface area contributed by atoms with E-state index >= 15 is 0 Å². The summed E-state index contributed by atoms with van der Waals surface area (Å²) in [5.74, 6) is -0.985. The molecule has 18 heavy (non-hydrogen) atoms. The summed E-state index contributed by atoms with van der Waals surface area (Å²) in [6.45, 7) is 1.85. The molecule has 3 heterocycles. The average molecular weight is 243 g/mol. The Morgan fingerprint density at radius 3 is 2.89 bits per heavy atom. The van der Waals surface area contributed by atoms with Gasteiger partial charge in [-0.3, -0.25) is 0 Å². The third-order valence-electron chi connectivity index (χ3n) is 2.63. The third-order valence-corrected chi connectivity index (χ3v) is 2.63. The standard InChI is InChI=1S/C12H9N3O3/c1-7-4-9-5-8(12(16)17)6-11(15(9)13-7)10-2-3-18-14-10/h2-6H,1H3,(H,16,17). The Morgan fingerprint density at radius 1 is 1.39 bits per heavy atom. The first-order valence-corrected chi connectivity index (χ1v) is 5.29. The van der Waals surface area contributed by atoms with Crippen molar-refractivity contribution in [2.24, 2.45) is 0 Å². The second-order valence-corrected chi connectivity index (χ2v) is 3.94. The number of pyridine rings is 1. The molecular formula is C12H9N3O3. The molecule has 0 saturated heterocycles. The Morgan fingerprint density at radius 2 is 2.22 bits per heavy atom. The van der Waals surface area contributed by atoms with Crippen molar-refractivity contribution >= 4 is 11.5 Å². The van der Waals surface area contributed by atoms with E-state index in [2.05, 4.69) is 10.3 Å². The van der Waals surface area contributed by atoms with E-state index in [0.29, 0.717) is 16.9 Å². The maximum Gasteiger partial charge on any atom is 0.335 e. The summed E-state index contributed by atoms with van der Waals surface area (Å²) in [6.07, 6.45) is 1.44. The number of fused-ring (bicyclic) bond motifs is 1. The van der Waals surface area contributed by atoms with Gasteiger partial charge in [0.05, 0.1) is 22.5 Å². The molecule has 0 radical (unpaired) electrons. The summed E-state index contributed by atoms with van der Waals surface area (Å²) in [7, 11) is 0. The maximum atomic E-state index is 11.1. The molecule has 3 aromatic heterocycles. The van der Waals surface area contributed by atoms with Crippen LogP contribution < -0.4 is 0 Å². The first kappa shape index (κ1) is 10.5. The second kappa shape index (κ2) is 3.69. The van der Waals surface area contributed by atoms with Gasteiger partial charge >= 0.3 is 5.97 Å². The summed E-state index contributed by atoms with van der Waals surface area (Å²) >= 11 is 0. The van der Waals surface area contributed by atoms with Gasteiger partial charge in [-0.25, -0.2) is 9.31 Å². The number of carbonyl (C=O) groups is 1. The van der Waals surface area contributed by atoms with Gasteiger partial charge in [0.25, 0.3) is 0 Å². The normalized spacial score (nSPS) is 10.9. The SMILES string of the molecule is Cc1cc2cc(C(=O)O)cc(-c3ccon3)n2n1. The first-order chi connectivity index (χ1) is 8.65. The van der Waals surface area contributed by atoms with Crippen LogP contribution in [0.3, 0.4) is 0 Å². The highest BCUT2D eigenvalue weighted by atomic mass is 16.5. The van der Waals surface area contributed by atoms with Crippen molar-refractivity contribution in [3.8, 4) is 11.4 Å². The van der Waals surface area contributed by atoms with E-state index < -0.39 is 5.97 Å². The molecule has 0 unspecified atom stereocenters. The molecule has 3 aromatic rings. The van der Waals surface area contributed by atoms with Crippen molar-refractivity contribution in [2.75, 3.05) is 0 Å². The minimum Gasteiger partial charge on any atom is -0.478 e. The third kappa shape index (κ3) is 1.55. The van der Waals surface area contributed by atoms with Gasteiger partial charge in [-0.05, 0) is 25.1 Å². The summed E-state index contributed by atoms with van der Waals surface area (Å²) in [4.78, 5) is 11.1. The highest BCUT2D eigenvalue weighted by Gasteiger charge is 2.13. The van der Waals surface area contributed by atoms with Gasteiger partial charge in [-0.15, -0.1) is 0 Å².